The highest BCUT2D eigenvalue weighted by atomic mass is 32.2. The van der Waals surface area contributed by atoms with Crippen LogP contribution < -0.4 is 5.14 Å². The molecule has 12 heavy (non-hydrogen) atoms. The quantitative estimate of drug-likeness (QED) is 0.663. The van der Waals surface area contributed by atoms with Gasteiger partial charge in [-0.15, -0.1) is 0 Å². The number of hydrogen-bond donors (Lipinski definition) is 1. The van der Waals surface area contributed by atoms with E-state index in [-0.39, 0.29) is 6.04 Å². The molecule has 0 radical (unpaired) electrons. The van der Waals surface area contributed by atoms with Gasteiger partial charge >= 0.3 is 0 Å². The molecule has 2 unspecified atom stereocenters. The van der Waals surface area contributed by atoms with Gasteiger partial charge in [-0.3, -0.25) is 0 Å². The van der Waals surface area contributed by atoms with Crippen LogP contribution in [0.15, 0.2) is 0 Å². The molecule has 0 aliphatic carbocycles. The second-order valence-corrected chi connectivity index (χ2v) is 5.96. The Balaban J connectivity index is 2.78. The molecule has 1 fully saturated rings. The summed E-state index contributed by atoms with van der Waals surface area (Å²) in [6.45, 7) is 4.45. The molecule has 0 spiro atoms. The second-order valence-electron chi connectivity index (χ2n) is 2.97. The van der Waals surface area contributed by atoms with Crippen LogP contribution in [0.3, 0.4) is 0 Å². The Kier molecular flexibility index (Phi) is 3.03. The van der Waals surface area contributed by atoms with Crippen molar-refractivity contribution in [3.63, 3.8) is 0 Å². The smallest absolute Gasteiger partial charge is 0.216 e. The van der Waals surface area contributed by atoms with Gasteiger partial charge in [0.2, 0.25) is 0 Å². The van der Waals surface area contributed by atoms with E-state index in [2.05, 4.69) is 0 Å². The van der Waals surface area contributed by atoms with E-state index in [9.17, 15) is 8.42 Å². The van der Waals surface area contributed by atoms with E-state index in [1.54, 1.807) is 11.8 Å². The molecule has 0 bridgehead atoms. The van der Waals surface area contributed by atoms with Gasteiger partial charge in [-0.05, 0) is 6.92 Å². The lowest BCUT2D eigenvalue weighted by molar-refractivity contribution is 0.341. The van der Waals surface area contributed by atoms with E-state index in [0.29, 0.717) is 11.8 Å². The monoisotopic (exact) mass is 210 g/mol. The zero-order chi connectivity index (χ0) is 9.35. The molecule has 2 N–H and O–H groups in total. The number of nitrogens with zero attached hydrogens (tertiary/aromatic N) is 1. The van der Waals surface area contributed by atoms with Crippen LogP contribution in [0.1, 0.15) is 13.8 Å². The van der Waals surface area contributed by atoms with Gasteiger partial charge in [-0.1, -0.05) is 6.92 Å². The summed E-state index contributed by atoms with van der Waals surface area (Å²) in [6, 6.07) is 0.0127. The number of thioether (sulfide) groups is 1. The molecule has 6 heteroatoms. The Morgan fingerprint density at radius 3 is 2.50 bits per heavy atom. The van der Waals surface area contributed by atoms with Crippen LogP contribution >= 0.6 is 11.8 Å². The van der Waals surface area contributed by atoms with Crippen LogP contribution in [0, 0.1) is 0 Å². The summed E-state index contributed by atoms with van der Waals surface area (Å²) in [5.74, 6) is 0.835. The number of nitrogens with two attached hydrogens (primary N) is 1. The summed E-state index contributed by atoms with van der Waals surface area (Å²) in [6.07, 6.45) is 0. The van der Waals surface area contributed by atoms with E-state index < -0.39 is 10.2 Å². The van der Waals surface area contributed by atoms with Gasteiger partial charge in [0, 0.05) is 23.6 Å². The fourth-order valence-corrected chi connectivity index (χ4v) is 3.55. The average Bonchev–Trinajstić information content (AvgIpc) is 1.92. The van der Waals surface area contributed by atoms with E-state index in [4.69, 9.17) is 5.14 Å². The fraction of sp³-hybridized carbons (Fsp3) is 1.00. The zero-order valence-electron chi connectivity index (χ0n) is 7.23. The maximum absolute atomic E-state index is 11.0. The van der Waals surface area contributed by atoms with Crippen molar-refractivity contribution < 1.29 is 8.42 Å². The van der Waals surface area contributed by atoms with Gasteiger partial charge < -0.3 is 0 Å². The second kappa shape index (κ2) is 3.53. The van der Waals surface area contributed by atoms with E-state index in [0.717, 1.165) is 5.75 Å². The normalized spacial score (nSPS) is 33.6. The van der Waals surface area contributed by atoms with E-state index in [1.807, 2.05) is 13.8 Å². The van der Waals surface area contributed by atoms with Crippen molar-refractivity contribution in [3.8, 4) is 0 Å². The lowest BCUT2D eigenvalue weighted by atomic mass is 10.2. The predicted molar refractivity (Wildman–Crippen MR) is 51.2 cm³/mol. The Morgan fingerprint density at radius 2 is 2.08 bits per heavy atom. The predicted octanol–water partition coefficient (Wildman–Crippen LogP) is 0.0157. The van der Waals surface area contributed by atoms with Gasteiger partial charge in [0.25, 0.3) is 10.2 Å². The van der Waals surface area contributed by atoms with Crippen molar-refractivity contribution in [1.29, 1.82) is 0 Å². The lowest BCUT2D eigenvalue weighted by Gasteiger charge is -2.34. The van der Waals surface area contributed by atoms with Crippen LogP contribution in [0.5, 0.6) is 0 Å². The molecule has 1 saturated heterocycles. The Morgan fingerprint density at radius 1 is 1.50 bits per heavy atom. The third-order valence-corrected chi connectivity index (χ3v) is 4.66. The molecule has 1 heterocycles. The third-order valence-electron chi connectivity index (χ3n) is 2.15. The molecular weight excluding hydrogens is 196 g/mol. The van der Waals surface area contributed by atoms with Crippen molar-refractivity contribution in [2.75, 3.05) is 12.3 Å². The summed E-state index contributed by atoms with van der Waals surface area (Å²) in [5, 5.41) is 5.38. The topological polar surface area (TPSA) is 63.4 Å². The molecule has 1 rings (SSSR count). The lowest BCUT2D eigenvalue weighted by Crippen LogP contribution is -2.50. The van der Waals surface area contributed by atoms with Crippen LogP contribution in [-0.4, -0.2) is 36.3 Å². The molecular formula is C6H14N2O2S2. The minimum Gasteiger partial charge on any atom is -0.216 e. The fourth-order valence-electron chi connectivity index (χ4n) is 1.26. The summed E-state index contributed by atoms with van der Waals surface area (Å²) < 4.78 is 23.4. The minimum absolute atomic E-state index is 0.0127. The molecule has 0 amide bonds. The molecule has 0 saturated carbocycles. The summed E-state index contributed by atoms with van der Waals surface area (Å²) in [5.41, 5.74) is 0. The van der Waals surface area contributed by atoms with Crippen molar-refractivity contribution in [2.45, 2.75) is 25.1 Å². The summed E-state index contributed by atoms with van der Waals surface area (Å²) >= 11 is 1.78. The first kappa shape index (κ1) is 10.3. The number of hydrogen-bond acceptors (Lipinski definition) is 3. The first-order valence-corrected chi connectivity index (χ1v) is 6.39. The number of rotatable bonds is 1. The SMILES string of the molecule is CC1SCCN(S(N)(=O)=O)C1C. The molecule has 0 aromatic heterocycles. The summed E-state index contributed by atoms with van der Waals surface area (Å²) in [4.78, 5) is 0. The van der Waals surface area contributed by atoms with Crippen molar-refractivity contribution in [3.05, 3.63) is 0 Å². The molecule has 0 aromatic rings. The molecule has 72 valence electrons. The highest BCUT2D eigenvalue weighted by Gasteiger charge is 2.31. The van der Waals surface area contributed by atoms with E-state index >= 15 is 0 Å². The maximum atomic E-state index is 11.0. The van der Waals surface area contributed by atoms with Crippen LogP contribution in [-0.2, 0) is 10.2 Å². The Bertz CT molecular complexity index is 252. The van der Waals surface area contributed by atoms with Crippen LogP contribution in [0.2, 0.25) is 0 Å². The van der Waals surface area contributed by atoms with Gasteiger partial charge in [0.1, 0.15) is 0 Å². The standard InChI is InChI=1S/C6H14N2O2S2/c1-5-6(2)11-4-3-8(5)12(7,9)10/h5-6H,3-4H2,1-2H3,(H2,7,9,10). The van der Waals surface area contributed by atoms with Crippen molar-refractivity contribution >= 4 is 22.0 Å². The largest absolute Gasteiger partial charge is 0.277 e. The van der Waals surface area contributed by atoms with Crippen LogP contribution in [0.25, 0.3) is 0 Å². The van der Waals surface area contributed by atoms with Gasteiger partial charge in [0.05, 0.1) is 0 Å². The zero-order valence-corrected chi connectivity index (χ0v) is 8.86. The molecule has 2 atom stereocenters. The Labute approximate surface area is 77.7 Å². The highest BCUT2D eigenvalue weighted by molar-refractivity contribution is 8.00. The first-order chi connectivity index (χ1) is 5.43. The van der Waals surface area contributed by atoms with Crippen LogP contribution in [0.4, 0.5) is 0 Å². The molecule has 1 aliphatic rings. The van der Waals surface area contributed by atoms with Gasteiger partial charge in [0.15, 0.2) is 0 Å². The van der Waals surface area contributed by atoms with E-state index in [1.165, 1.54) is 4.31 Å². The minimum atomic E-state index is -3.49. The first-order valence-electron chi connectivity index (χ1n) is 3.84. The van der Waals surface area contributed by atoms with Crippen molar-refractivity contribution in [2.24, 2.45) is 5.14 Å². The summed E-state index contributed by atoms with van der Waals surface area (Å²) in [7, 11) is -3.49. The maximum Gasteiger partial charge on any atom is 0.277 e. The van der Waals surface area contributed by atoms with Gasteiger partial charge in [-0.25, -0.2) is 5.14 Å². The average molecular weight is 210 g/mol. The molecule has 0 aromatic carbocycles. The Hall–Kier alpha value is 0.220. The highest BCUT2D eigenvalue weighted by Crippen LogP contribution is 2.24. The molecule has 1 aliphatic heterocycles. The third kappa shape index (κ3) is 2.12. The van der Waals surface area contributed by atoms with Crippen molar-refractivity contribution in [1.82, 2.24) is 4.31 Å². The molecule has 4 nitrogen and oxygen atoms in total. The van der Waals surface area contributed by atoms with Gasteiger partial charge in [-0.2, -0.15) is 24.5 Å².